The number of hydrogen-bond donors (Lipinski definition) is 1. The van der Waals surface area contributed by atoms with E-state index in [-0.39, 0.29) is 6.04 Å². The van der Waals surface area contributed by atoms with Crippen molar-refractivity contribution in [1.29, 1.82) is 0 Å². The van der Waals surface area contributed by atoms with Gasteiger partial charge >= 0.3 is 0 Å². The van der Waals surface area contributed by atoms with Crippen LogP contribution in [0.2, 0.25) is 0 Å². The molecule has 0 radical (unpaired) electrons. The summed E-state index contributed by atoms with van der Waals surface area (Å²) >= 11 is 5.22. The summed E-state index contributed by atoms with van der Waals surface area (Å²) in [7, 11) is 0. The van der Waals surface area contributed by atoms with Gasteiger partial charge in [0.05, 0.1) is 4.88 Å². The van der Waals surface area contributed by atoms with Crippen LogP contribution in [0.25, 0.3) is 0 Å². The van der Waals surface area contributed by atoms with Crippen LogP contribution in [-0.4, -0.2) is 0 Å². The molecule has 1 heterocycles. The number of benzene rings is 1. The van der Waals surface area contributed by atoms with E-state index in [0.29, 0.717) is 6.61 Å². The first kappa shape index (κ1) is 13.2. The second kappa shape index (κ2) is 5.65. The van der Waals surface area contributed by atoms with Gasteiger partial charge in [0.2, 0.25) is 0 Å². The molecule has 1 aromatic heterocycles. The van der Waals surface area contributed by atoms with Gasteiger partial charge in [0.15, 0.2) is 0 Å². The standard InChI is InChI=1S/C15H16BrNOS/c16-13-6-7-19-15(13)9-18-11-5-4-10-2-1-3-14(17)12(10)8-11/h4-8,14H,1-3,9,17H2/t14-/m1/s1. The molecule has 0 amide bonds. The zero-order valence-electron chi connectivity index (χ0n) is 10.6. The SMILES string of the molecule is N[C@@H]1CCCc2ccc(OCc3sccc3Br)cc21. The van der Waals surface area contributed by atoms with Gasteiger partial charge in [-0.05, 0) is 69.9 Å². The van der Waals surface area contributed by atoms with E-state index in [0.717, 1.165) is 23.1 Å². The first-order chi connectivity index (χ1) is 9.24. The first-order valence-corrected chi connectivity index (χ1v) is 8.14. The molecule has 2 aromatic rings. The number of fused-ring (bicyclic) bond motifs is 1. The Balaban J connectivity index is 1.75. The molecule has 4 heteroatoms. The van der Waals surface area contributed by atoms with Crippen LogP contribution < -0.4 is 10.5 Å². The molecule has 2 nitrogen and oxygen atoms in total. The highest BCUT2D eigenvalue weighted by molar-refractivity contribution is 9.10. The lowest BCUT2D eigenvalue weighted by Gasteiger charge is -2.22. The Labute approximate surface area is 125 Å². The van der Waals surface area contributed by atoms with E-state index >= 15 is 0 Å². The van der Waals surface area contributed by atoms with Crippen molar-refractivity contribution in [3.63, 3.8) is 0 Å². The lowest BCUT2D eigenvalue weighted by atomic mass is 9.88. The summed E-state index contributed by atoms with van der Waals surface area (Å²) in [5.41, 5.74) is 8.81. The predicted octanol–water partition coefficient (Wildman–Crippen LogP) is 4.43. The predicted molar refractivity (Wildman–Crippen MR) is 82.7 cm³/mol. The van der Waals surface area contributed by atoms with Crippen molar-refractivity contribution in [2.24, 2.45) is 5.73 Å². The Morgan fingerprint density at radius 1 is 1.37 bits per heavy atom. The molecule has 0 saturated heterocycles. The smallest absolute Gasteiger partial charge is 0.124 e. The van der Waals surface area contributed by atoms with Crippen LogP contribution in [0.3, 0.4) is 0 Å². The Morgan fingerprint density at radius 2 is 2.26 bits per heavy atom. The number of nitrogens with two attached hydrogens (primary N) is 1. The summed E-state index contributed by atoms with van der Waals surface area (Å²) in [6.45, 7) is 0.603. The normalized spacial score (nSPS) is 18.1. The van der Waals surface area contributed by atoms with Crippen molar-refractivity contribution < 1.29 is 4.74 Å². The van der Waals surface area contributed by atoms with E-state index in [1.165, 1.54) is 22.4 Å². The molecule has 1 aliphatic carbocycles. The molecule has 0 bridgehead atoms. The fraction of sp³-hybridized carbons (Fsp3) is 0.333. The molecule has 0 saturated carbocycles. The van der Waals surface area contributed by atoms with Gasteiger partial charge in [0.25, 0.3) is 0 Å². The highest BCUT2D eigenvalue weighted by Gasteiger charge is 2.17. The largest absolute Gasteiger partial charge is 0.488 e. The van der Waals surface area contributed by atoms with Crippen LogP contribution in [0, 0.1) is 0 Å². The Hall–Kier alpha value is -0.840. The summed E-state index contributed by atoms with van der Waals surface area (Å²) in [6.07, 6.45) is 3.41. The summed E-state index contributed by atoms with van der Waals surface area (Å²) in [5, 5.41) is 2.06. The van der Waals surface area contributed by atoms with Crippen LogP contribution in [0.4, 0.5) is 0 Å². The number of hydrogen-bond acceptors (Lipinski definition) is 3. The number of thiophene rings is 1. The van der Waals surface area contributed by atoms with Gasteiger partial charge in [-0.15, -0.1) is 11.3 Å². The van der Waals surface area contributed by atoms with Gasteiger partial charge in [-0.25, -0.2) is 0 Å². The topological polar surface area (TPSA) is 35.2 Å². The summed E-state index contributed by atoms with van der Waals surface area (Å²) in [4.78, 5) is 1.21. The van der Waals surface area contributed by atoms with E-state index in [9.17, 15) is 0 Å². The van der Waals surface area contributed by atoms with Crippen molar-refractivity contribution in [3.05, 3.63) is 50.1 Å². The first-order valence-electron chi connectivity index (χ1n) is 6.47. The number of aryl methyl sites for hydroxylation is 1. The average Bonchev–Trinajstić information content (AvgIpc) is 2.83. The molecular weight excluding hydrogens is 322 g/mol. The minimum absolute atomic E-state index is 0.167. The molecule has 100 valence electrons. The lowest BCUT2D eigenvalue weighted by Crippen LogP contribution is -2.17. The van der Waals surface area contributed by atoms with E-state index in [4.69, 9.17) is 10.5 Å². The van der Waals surface area contributed by atoms with Crippen LogP contribution in [0.15, 0.2) is 34.1 Å². The van der Waals surface area contributed by atoms with E-state index in [1.54, 1.807) is 11.3 Å². The Kier molecular flexibility index (Phi) is 3.91. The van der Waals surface area contributed by atoms with Crippen LogP contribution in [0.1, 0.15) is 34.9 Å². The van der Waals surface area contributed by atoms with Crippen molar-refractivity contribution in [2.75, 3.05) is 0 Å². The molecule has 1 aliphatic rings. The van der Waals surface area contributed by atoms with Gasteiger partial charge in [0.1, 0.15) is 12.4 Å². The van der Waals surface area contributed by atoms with Gasteiger partial charge in [-0.3, -0.25) is 0 Å². The van der Waals surface area contributed by atoms with Gasteiger partial charge in [0, 0.05) is 10.5 Å². The third-order valence-corrected chi connectivity index (χ3v) is 5.44. The maximum absolute atomic E-state index is 6.17. The monoisotopic (exact) mass is 337 g/mol. The maximum Gasteiger partial charge on any atom is 0.124 e. The van der Waals surface area contributed by atoms with Gasteiger partial charge in [-0.2, -0.15) is 0 Å². The second-order valence-corrected chi connectivity index (χ2v) is 6.69. The van der Waals surface area contributed by atoms with Crippen LogP contribution in [0.5, 0.6) is 5.75 Å². The quantitative estimate of drug-likeness (QED) is 0.899. The van der Waals surface area contributed by atoms with E-state index < -0.39 is 0 Å². The van der Waals surface area contributed by atoms with Crippen molar-refractivity contribution >= 4 is 27.3 Å². The Bertz CT molecular complexity index is 581. The molecule has 0 spiro atoms. The lowest BCUT2D eigenvalue weighted by molar-refractivity contribution is 0.308. The van der Waals surface area contributed by atoms with E-state index in [2.05, 4.69) is 39.5 Å². The zero-order valence-corrected chi connectivity index (χ0v) is 13.0. The third-order valence-electron chi connectivity index (χ3n) is 3.54. The van der Waals surface area contributed by atoms with Gasteiger partial charge in [-0.1, -0.05) is 6.07 Å². The molecule has 0 aliphatic heterocycles. The second-order valence-electron chi connectivity index (χ2n) is 4.84. The van der Waals surface area contributed by atoms with Crippen LogP contribution >= 0.6 is 27.3 Å². The number of halogens is 1. The highest BCUT2D eigenvalue weighted by Crippen LogP contribution is 2.31. The minimum Gasteiger partial charge on any atom is -0.488 e. The summed E-state index contributed by atoms with van der Waals surface area (Å²) in [6, 6.07) is 8.54. The van der Waals surface area contributed by atoms with Crippen LogP contribution in [-0.2, 0) is 13.0 Å². The molecule has 3 rings (SSSR count). The number of ether oxygens (including phenoxy) is 1. The molecule has 0 fully saturated rings. The summed E-state index contributed by atoms with van der Waals surface area (Å²) in [5.74, 6) is 0.913. The molecule has 0 unspecified atom stereocenters. The molecule has 1 atom stereocenters. The highest BCUT2D eigenvalue weighted by atomic mass is 79.9. The minimum atomic E-state index is 0.167. The van der Waals surface area contributed by atoms with Crippen molar-refractivity contribution in [1.82, 2.24) is 0 Å². The molecular formula is C15H16BrNOS. The fourth-order valence-electron chi connectivity index (χ4n) is 2.48. The molecule has 2 N–H and O–H groups in total. The number of rotatable bonds is 3. The van der Waals surface area contributed by atoms with E-state index in [1.807, 2.05) is 6.07 Å². The maximum atomic E-state index is 6.17. The summed E-state index contributed by atoms with van der Waals surface area (Å²) < 4.78 is 6.99. The molecule has 19 heavy (non-hydrogen) atoms. The van der Waals surface area contributed by atoms with Crippen molar-refractivity contribution in [2.45, 2.75) is 31.9 Å². The third kappa shape index (κ3) is 2.86. The van der Waals surface area contributed by atoms with Crippen molar-refractivity contribution in [3.8, 4) is 5.75 Å². The average molecular weight is 338 g/mol. The fourth-order valence-corrected chi connectivity index (χ4v) is 3.86. The van der Waals surface area contributed by atoms with Gasteiger partial charge < -0.3 is 10.5 Å². The molecule has 1 aromatic carbocycles. The zero-order chi connectivity index (χ0) is 13.2. The Morgan fingerprint density at radius 3 is 3.05 bits per heavy atom.